The predicted octanol–water partition coefficient (Wildman–Crippen LogP) is 0.210. The number of nitrogens with two attached hydrogens (primary N) is 1. The molecule has 2 rings (SSSR count). The largest absolute Gasteiger partial charge is 0.379 e. The molecule has 0 aliphatic heterocycles. The topological polar surface area (TPSA) is 73.8 Å². The van der Waals surface area contributed by atoms with E-state index < -0.39 is 0 Å². The Balaban J connectivity index is 2.64. The van der Waals surface area contributed by atoms with Gasteiger partial charge in [0.15, 0.2) is 5.82 Å². The van der Waals surface area contributed by atoms with Gasteiger partial charge in [0, 0.05) is 18.6 Å². The maximum atomic E-state index is 11.5. The lowest BCUT2D eigenvalue weighted by molar-refractivity contribution is 0.923. The van der Waals surface area contributed by atoms with Crippen LogP contribution in [0.3, 0.4) is 0 Å². The standard InChI is InChI=1S/C9H8N4O/c10-8-9(14)13(6-5-12-8)7-3-1-2-4-11-7/h1-6H,(H2,10,12). The van der Waals surface area contributed by atoms with E-state index in [9.17, 15) is 4.79 Å². The summed E-state index contributed by atoms with van der Waals surface area (Å²) in [6, 6.07) is 5.30. The highest BCUT2D eigenvalue weighted by Gasteiger charge is 2.02. The van der Waals surface area contributed by atoms with Crippen LogP contribution in [0.4, 0.5) is 5.82 Å². The third kappa shape index (κ3) is 1.35. The van der Waals surface area contributed by atoms with Crippen LogP contribution in [0.5, 0.6) is 0 Å². The lowest BCUT2D eigenvalue weighted by Gasteiger charge is -2.03. The van der Waals surface area contributed by atoms with Crippen LogP contribution in [0.1, 0.15) is 0 Å². The summed E-state index contributed by atoms with van der Waals surface area (Å²) in [6.45, 7) is 0. The van der Waals surface area contributed by atoms with Crippen molar-refractivity contribution < 1.29 is 0 Å². The molecule has 14 heavy (non-hydrogen) atoms. The number of aromatic nitrogens is 3. The van der Waals surface area contributed by atoms with Crippen molar-refractivity contribution in [3.63, 3.8) is 0 Å². The van der Waals surface area contributed by atoms with E-state index in [0.29, 0.717) is 5.82 Å². The summed E-state index contributed by atoms with van der Waals surface area (Å²) in [7, 11) is 0. The zero-order valence-electron chi connectivity index (χ0n) is 7.29. The smallest absolute Gasteiger partial charge is 0.298 e. The number of hydrogen-bond donors (Lipinski definition) is 1. The Hall–Kier alpha value is -2.17. The van der Waals surface area contributed by atoms with Gasteiger partial charge >= 0.3 is 0 Å². The van der Waals surface area contributed by atoms with Gasteiger partial charge in [-0.05, 0) is 12.1 Å². The summed E-state index contributed by atoms with van der Waals surface area (Å²) < 4.78 is 1.35. The van der Waals surface area contributed by atoms with Crippen LogP contribution in [-0.2, 0) is 0 Å². The quantitative estimate of drug-likeness (QED) is 0.694. The summed E-state index contributed by atoms with van der Waals surface area (Å²) >= 11 is 0. The van der Waals surface area contributed by atoms with Gasteiger partial charge in [-0.2, -0.15) is 0 Å². The second-order valence-electron chi connectivity index (χ2n) is 2.68. The van der Waals surface area contributed by atoms with Gasteiger partial charge in [-0.3, -0.25) is 9.36 Å². The molecular formula is C9H8N4O. The Morgan fingerprint density at radius 2 is 2.07 bits per heavy atom. The molecule has 2 heterocycles. The molecule has 70 valence electrons. The average molecular weight is 188 g/mol. The van der Waals surface area contributed by atoms with Gasteiger partial charge in [0.05, 0.1) is 0 Å². The van der Waals surface area contributed by atoms with E-state index in [4.69, 9.17) is 5.73 Å². The van der Waals surface area contributed by atoms with E-state index in [0.717, 1.165) is 0 Å². The van der Waals surface area contributed by atoms with Crippen LogP contribution < -0.4 is 11.3 Å². The molecule has 2 aromatic rings. The molecule has 2 N–H and O–H groups in total. The molecule has 0 radical (unpaired) electrons. The van der Waals surface area contributed by atoms with E-state index in [1.54, 1.807) is 24.4 Å². The molecule has 2 aromatic heterocycles. The van der Waals surface area contributed by atoms with Crippen molar-refractivity contribution in [1.29, 1.82) is 0 Å². The van der Waals surface area contributed by atoms with Gasteiger partial charge in [-0.1, -0.05) is 6.07 Å². The van der Waals surface area contributed by atoms with E-state index in [1.165, 1.54) is 17.0 Å². The highest BCUT2D eigenvalue weighted by molar-refractivity contribution is 5.29. The fourth-order valence-electron chi connectivity index (χ4n) is 1.10. The van der Waals surface area contributed by atoms with Crippen molar-refractivity contribution in [3.8, 4) is 5.82 Å². The number of hydrogen-bond acceptors (Lipinski definition) is 4. The minimum atomic E-state index is -0.355. The van der Waals surface area contributed by atoms with Crippen LogP contribution >= 0.6 is 0 Å². The fourth-order valence-corrected chi connectivity index (χ4v) is 1.10. The van der Waals surface area contributed by atoms with Gasteiger partial charge in [0.1, 0.15) is 5.82 Å². The Labute approximate surface area is 79.9 Å². The number of nitrogens with zero attached hydrogens (tertiary/aromatic N) is 3. The summed E-state index contributed by atoms with van der Waals surface area (Å²) in [6.07, 6.45) is 4.60. The minimum absolute atomic E-state index is 0.0295. The molecular weight excluding hydrogens is 180 g/mol. The van der Waals surface area contributed by atoms with E-state index in [2.05, 4.69) is 9.97 Å². The predicted molar refractivity (Wildman–Crippen MR) is 52.0 cm³/mol. The lowest BCUT2D eigenvalue weighted by Crippen LogP contribution is -2.22. The summed E-state index contributed by atoms with van der Waals surface area (Å²) in [5.41, 5.74) is 5.03. The average Bonchev–Trinajstić information content (AvgIpc) is 2.23. The maximum Gasteiger partial charge on any atom is 0.298 e. The molecule has 5 nitrogen and oxygen atoms in total. The summed E-state index contributed by atoms with van der Waals surface area (Å²) in [5.74, 6) is 0.504. The van der Waals surface area contributed by atoms with Crippen LogP contribution in [0.15, 0.2) is 41.6 Å². The molecule has 0 saturated heterocycles. The fraction of sp³-hybridized carbons (Fsp3) is 0. The first-order valence-electron chi connectivity index (χ1n) is 4.03. The second kappa shape index (κ2) is 3.29. The molecule has 0 atom stereocenters. The Morgan fingerprint density at radius 1 is 1.21 bits per heavy atom. The van der Waals surface area contributed by atoms with Crippen molar-refractivity contribution in [1.82, 2.24) is 14.5 Å². The number of nitrogen functional groups attached to an aromatic ring is 1. The van der Waals surface area contributed by atoms with Gasteiger partial charge < -0.3 is 5.73 Å². The maximum absolute atomic E-state index is 11.5. The van der Waals surface area contributed by atoms with Crippen LogP contribution in [0, 0.1) is 0 Å². The second-order valence-corrected chi connectivity index (χ2v) is 2.68. The first-order chi connectivity index (χ1) is 6.79. The zero-order chi connectivity index (χ0) is 9.97. The molecule has 0 aliphatic rings. The Kier molecular flexibility index (Phi) is 1.98. The molecule has 0 amide bonds. The van der Waals surface area contributed by atoms with Gasteiger partial charge in [-0.15, -0.1) is 0 Å². The van der Waals surface area contributed by atoms with Crippen molar-refractivity contribution in [2.45, 2.75) is 0 Å². The summed E-state index contributed by atoms with van der Waals surface area (Å²) in [4.78, 5) is 19.2. The van der Waals surface area contributed by atoms with E-state index in [1.807, 2.05) is 0 Å². The highest BCUT2D eigenvalue weighted by Crippen LogP contribution is 1.98. The lowest BCUT2D eigenvalue weighted by atomic mass is 10.4. The number of anilines is 1. The molecule has 0 bridgehead atoms. The van der Waals surface area contributed by atoms with Crippen molar-refractivity contribution in [2.75, 3.05) is 5.73 Å². The number of pyridine rings is 1. The molecule has 5 heteroatoms. The zero-order valence-corrected chi connectivity index (χ0v) is 7.29. The molecule has 0 fully saturated rings. The van der Waals surface area contributed by atoms with Gasteiger partial charge in [0.2, 0.25) is 0 Å². The summed E-state index contributed by atoms with van der Waals surface area (Å²) in [5, 5.41) is 0. The Morgan fingerprint density at radius 3 is 2.79 bits per heavy atom. The molecule has 0 saturated carbocycles. The first-order valence-corrected chi connectivity index (χ1v) is 4.03. The third-order valence-corrected chi connectivity index (χ3v) is 1.76. The van der Waals surface area contributed by atoms with Crippen LogP contribution in [0.25, 0.3) is 5.82 Å². The minimum Gasteiger partial charge on any atom is -0.379 e. The van der Waals surface area contributed by atoms with E-state index in [-0.39, 0.29) is 11.4 Å². The van der Waals surface area contributed by atoms with E-state index >= 15 is 0 Å². The van der Waals surface area contributed by atoms with Crippen molar-refractivity contribution in [2.24, 2.45) is 0 Å². The van der Waals surface area contributed by atoms with Gasteiger partial charge in [0.25, 0.3) is 5.56 Å². The third-order valence-electron chi connectivity index (χ3n) is 1.76. The van der Waals surface area contributed by atoms with Crippen LogP contribution in [-0.4, -0.2) is 14.5 Å². The first kappa shape index (κ1) is 8.43. The highest BCUT2D eigenvalue weighted by atomic mass is 16.1. The van der Waals surface area contributed by atoms with Gasteiger partial charge in [-0.25, -0.2) is 9.97 Å². The van der Waals surface area contributed by atoms with Crippen LogP contribution in [0.2, 0.25) is 0 Å². The molecule has 0 aliphatic carbocycles. The SMILES string of the molecule is Nc1nccn(-c2ccccn2)c1=O. The van der Waals surface area contributed by atoms with Crippen molar-refractivity contribution in [3.05, 3.63) is 47.1 Å². The monoisotopic (exact) mass is 188 g/mol. The molecule has 0 spiro atoms. The van der Waals surface area contributed by atoms with Crippen molar-refractivity contribution >= 4 is 5.82 Å². The normalized spacial score (nSPS) is 10.0. The Bertz CT molecular complexity index is 492. The number of rotatable bonds is 1. The molecule has 0 aromatic carbocycles. The molecule has 0 unspecified atom stereocenters.